The lowest BCUT2D eigenvalue weighted by Crippen LogP contribution is -2.64. The summed E-state index contributed by atoms with van der Waals surface area (Å²) in [5.41, 5.74) is 14.5. The summed E-state index contributed by atoms with van der Waals surface area (Å²) in [5, 5.41) is 0. The SMILES string of the molecule is NC(N)(C1CCCCCCCCC1)C(C1CCCCCCCCC1)C1CCCCCCCCC1. The minimum Gasteiger partial charge on any atom is -0.313 e. The van der Waals surface area contributed by atoms with Crippen LogP contribution in [0.4, 0.5) is 0 Å². The van der Waals surface area contributed by atoms with Crippen LogP contribution >= 0.6 is 0 Å². The van der Waals surface area contributed by atoms with E-state index in [2.05, 4.69) is 0 Å². The number of hydrogen-bond acceptors (Lipinski definition) is 2. The molecule has 0 heterocycles. The van der Waals surface area contributed by atoms with E-state index in [1.807, 2.05) is 0 Å². The molecule has 2 nitrogen and oxygen atoms in total. The maximum absolute atomic E-state index is 7.51. The van der Waals surface area contributed by atoms with Crippen molar-refractivity contribution in [2.45, 2.75) is 179 Å². The summed E-state index contributed by atoms with van der Waals surface area (Å²) in [6.07, 6.45) is 38.0. The van der Waals surface area contributed by atoms with Crippen LogP contribution in [0.3, 0.4) is 0 Å². The van der Waals surface area contributed by atoms with Crippen molar-refractivity contribution in [3.8, 4) is 0 Å². The Bertz CT molecular complexity index is 445. The van der Waals surface area contributed by atoms with Gasteiger partial charge in [-0.2, -0.15) is 0 Å². The van der Waals surface area contributed by atoms with Gasteiger partial charge in [-0.1, -0.05) is 161 Å². The van der Waals surface area contributed by atoms with Crippen molar-refractivity contribution in [1.29, 1.82) is 0 Å². The van der Waals surface area contributed by atoms with E-state index in [1.54, 1.807) is 0 Å². The van der Waals surface area contributed by atoms with E-state index in [-0.39, 0.29) is 0 Å². The molecule has 34 heavy (non-hydrogen) atoms. The van der Waals surface area contributed by atoms with E-state index < -0.39 is 5.66 Å². The Morgan fingerprint density at radius 3 is 0.882 bits per heavy atom. The zero-order valence-corrected chi connectivity index (χ0v) is 23.1. The summed E-state index contributed by atoms with van der Waals surface area (Å²) in [7, 11) is 0. The Labute approximate surface area is 214 Å². The van der Waals surface area contributed by atoms with E-state index in [4.69, 9.17) is 11.5 Å². The monoisotopic (exact) mass is 474 g/mol. The molecule has 0 spiro atoms. The highest BCUT2D eigenvalue weighted by molar-refractivity contribution is 4.98. The van der Waals surface area contributed by atoms with Crippen LogP contribution in [0.5, 0.6) is 0 Å². The van der Waals surface area contributed by atoms with Crippen molar-refractivity contribution < 1.29 is 0 Å². The summed E-state index contributed by atoms with van der Waals surface area (Å²) in [6.45, 7) is 0. The van der Waals surface area contributed by atoms with Crippen LogP contribution in [0.25, 0.3) is 0 Å². The zero-order chi connectivity index (χ0) is 23.9. The first-order valence-electron chi connectivity index (χ1n) is 16.3. The Morgan fingerprint density at radius 2 is 0.588 bits per heavy atom. The molecule has 200 valence electrons. The van der Waals surface area contributed by atoms with Crippen molar-refractivity contribution in [2.24, 2.45) is 35.1 Å². The fourth-order valence-corrected chi connectivity index (χ4v) is 8.18. The van der Waals surface area contributed by atoms with Gasteiger partial charge in [0.2, 0.25) is 0 Å². The molecule has 3 fully saturated rings. The van der Waals surface area contributed by atoms with Gasteiger partial charge in [-0.3, -0.25) is 0 Å². The Morgan fingerprint density at radius 1 is 0.353 bits per heavy atom. The maximum atomic E-state index is 7.51. The second kappa shape index (κ2) is 16.6. The molecule has 3 rings (SSSR count). The maximum Gasteiger partial charge on any atom is 0.0699 e. The third kappa shape index (κ3) is 9.76. The molecule has 2 heteroatoms. The minimum atomic E-state index is -0.469. The molecule has 0 aromatic heterocycles. The molecule has 0 aliphatic heterocycles. The predicted octanol–water partition coefficient (Wildman–Crippen LogP) is 9.64. The third-order valence-electron chi connectivity index (χ3n) is 10.2. The molecule has 0 atom stereocenters. The second-order valence-corrected chi connectivity index (χ2v) is 12.9. The minimum absolute atomic E-state index is 0.469. The highest BCUT2D eigenvalue weighted by Gasteiger charge is 2.45. The molecule has 3 aliphatic rings. The average Bonchev–Trinajstić information content (AvgIpc) is 2.85. The molecule has 4 N–H and O–H groups in total. The Balaban J connectivity index is 1.83. The molecule has 0 bridgehead atoms. The van der Waals surface area contributed by atoms with Gasteiger partial charge in [-0.05, 0) is 36.5 Å². The van der Waals surface area contributed by atoms with Gasteiger partial charge < -0.3 is 11.5 Å². The fraction of sp³-hybridized carbons (Fsp3) is 1.00. The summed E-state index contributed by atoms with van der Waals surface area (Å²) in [4.78, 5) is 0. The van der Waals surface area contributed by atoms with Gasteiger partial charge in [0, 0.05) is 0 Å². The molecule has 0 unspecified atom stereocenters. The average molecular weight is 475 g/mol. The first-order valence-corrected chi connectivity index (χ1v) is 16.3. The summed E-state index contributed by atoms with van der Waals surface area (Å²) in [6, 6.07) is 0. The van der Waals surface area contributed by atoms with Crippen LogP contribution in [-0.4, -0.2) is 5.66 Å². The van der Waals surface area contributed by atoms with Crippen LogP contribution in [0.2, 0.25) is 0 Å². The fourth-order valence-electron chi connectivity index (χ4n) is 8.18. The lowest BCUT2D eigenvalue weighted by Gasteiger charge is -2.49. The molecule has 0 radical (unpaired) electrons. The topological polar surface area (TPSA) is 52.0 Å². The summed E-state index contributed by atoms with van der Waals surface area (Å²) in [5.74, 6) is 2.59. The highest BCUT2D eigenvalue weighted by Crippen LogP contribution is 2.45. The lowest BCUT2D eigenvalue weighted by molar-refractivity contribution is 0.0377. The number of hydrogen-bond donors (Lipinski definition) is 2. The van der Waals surface area contributed by atoms with Gasteiger partial charge in [0.05, 0.1) is 5.66 Å². The van der Waals surface area contributed by atoms with Gasteiger partial charge >= 0.3 is 0 Å². The second-order valence-electron chi connectivity index (χ2n) is 12.9. The van der Waals surface area contributed by atoms with Gasteiger partial charge in [-0.25, -0.2) is 0 Å². The number of rotatable bonds is 4. The predicted molar refractivity (Wildman–Crippen MR) is 150 cm³/mol. The van der Waals surface area contributed by atoms with E-state index in [1.165, 1.54) is 173 Å². The molecule has 3 aliphatic carbocycles. The molecule has 3 saturated carbocycles. The van der Waals surface area contributed by atoms with Crippen LogP contribution in [0.15, 0.2) is 0 Å². The Hall–Kier alpha value is -0.0800. The molecular formula is C32H62N2. The highest BCUT2D eigenvalue weighted by atomic mass is 15.0. The summed E-state index contributed by atoms with van der Waals surface area (Å²) < 4.78 is 0. The largest absolute Gasteiger partial charge is 0.313 e. The lowest BCUT2D eigenvalue weighted by atomic mass is 9.62. The first-order chi connectivity index (χ1) is 16.7. The van der Waals surface area contributed by atoms with Gasteiger partial charge in [-0.15, -0.1) is 0 Å². The van der Waals surface area contributed by atoms with Crippen LogP contribution in [-0.2, 0) is 0 Å². The molecular weight excluding hydrogens is 412 g/mol. The standard InChI is InChI=1S/C32H62N2/c33-32(34,30-26-20-14-8-3-9-15-21-27-30)31(28-22-16-10-4-1-5-11-17-23-28)29-24-18-12-6-2-7-13-19-25-29/h28-31H,1-27,33-34H2. The van der Waals surface area contributed by atoms with Crippen molar-refractivity contribution in [3.05, 3.63) is 0 Å². The van der Waals surface area contributed by atoms with Crippen molar-refractivity contribution >= 4 is 0 Å². The quantitative estimate of drug-likeness (QED) is 0.398. The smallest absolute Gasteiger partial charge is 0.0699 e. The normalized spacial score (nSPS) is 26.2. The zero-order valence-electron chi connectivity index (χ0n) is 23.1. The molecule has 0 amide bonds. The van der Waals surface area contributed by atoms with E-state index in [0.29, 0.717) is 11.8 Å². The molecule has 0 saturated heterocycles. The van der Waals surface area contributed by atoms with Gasteiger partial charge in [0.15, 0.2) is 0 Å². The summed E-state index contributed by atoms with van der Waals surface area (Å²) >= 11 is 0. The number of nitrogens with two attached hydrogens (primary N) is 2. The first kappa shape index (κ1) is 28.5. The van der Waals surface area contributed by atoms with E-state index in [0.717, 1.165) is 11.8 Å². The van der Waals surface area contributed by atoms with Crippen LogP contribution in [0, 0.1) is 23.7 Å². The Kier molecular flexibility index (Phi) is 13.9. The van der Waals surface area contributed by atoms with Crippen molar-refractivity contribution in [1.82, 2.24) is 0 Å². The van der Waals surface area contributed by atoms with Crippen LogP contribution < -0.4 is 11.5 Å². The third-order valence-corrected chi connectivity index (χ3v) is 10.2. The molecule has 0 aromatic carbocycles. The molecule has 0 aromatic rings. The van der Waals surface area contributed by atoms with E-state index >= 15 is 0 Å². The van der Waals surface area contributed by atoms with E-state index in [9.17, 15) is 0 Å². The van der Waals surface area contributed by atoms with Crippen molar-refractivity contribution in [3.63, 3.8) is 0 Å². The van der Waals surface area contributed by atoms with Crippen LogP contribution in [0.1, 0.15) is 173 Å². The van der Waals surface area contributed by atoms with Gasteiger partial charge in [0.1, 0.15) is 0 Å². The van der Waals surface area contributed by atoms with Gasteiger partial charge in [0.25, 0.3) is 0 Å². The van der Waals surface area contributed by atoms with Crippen molar-refractivity contribution in [2.75, 3.05) is 0 Å².